The first kappa shape index (κ1) is 16.2. The molecule has 2 aromatic heterocycles. The van der Waals surface area contributed by atoms with Gasteiger partial charge in [-0.3, -0.25) is 0 Å². The summed E-state index contributed by atoms with van der Waals surface area (Å²) in [4.78, 5) is 10.0. The van der Waals surface area contributed by atoms with Crippen LogP contribution in [0.2, 0.25) is 5.02 Å². The van der Waals surface area contributed by atoms with Crippen LogP contribution in [0.25, 0.3) is 21.3 Å². The van der Waals surface area contributed by atoms with Gasteiger partial charge in [0.1, 0.15) is 16.5 Å². The van der Waals surface area contributed by atoms with E-state index in [4.69, 9.17) is 11.6 Å². The number of aryl methyl sites for hydroxylation is 1. The molecule has 0 bridgehead atoms. The van der Waals surface area contributed by atoms with Gasteiger partial charge >= 0.3 is 0 Å². The summed E-state index contributed by atoms with van der Waals surface area (Å²) in [6.07, 6.45) is 0.821. The number of anilines is 1. The lowest BCUT2D eigenvalue weighted by Crippen LogP contribution is -2.23. The first-order valence-corrected chi connectivity index (χ1v) is 8.77. The van der Waals surface area contributed by atoms with E-state index in [0.717, 1.165) is 39.4 Å². The summed E-state index contributed by atoms with van der Waals surface area (Å²) in [5, 5.41) is 16.6. The SMILES string of the molecule is CCC(CO)Nc1nc(C)nc2scc(-c3ccc(Cl)cc3)c12. The molecule has 1 atom stereocenters. The number of fused-ring (bicyclic) bond motifs is 1. The Morgan fingerprint density at radius 3 is 2.65 bits per heavy atom. The lowest BCUT2D eigenvalue weighted by atomic mass is 10.1. The molecule has 1 unspecified atom stereocenters. The van der Waals surface area contributed by atoms with Crippen LogP contribution in [0.4, 0.5) is 5.82 Å². The topological polar surface area (TPSA) is 58.0 Å². The van der Waals surface area contributed by atoms with E-state index in [1.165, 1.54) is 0 Å². The first-order chi connectivity index (χ1) is 11.1. The van der Waals surface area contributed by atoms with Gasteiger partial charge in [0.25, 0.3) is 0 Å². The number of rotatable bonds is 5. The van der Waals surface area contributed by atoms with Crippen LogP contribution in [0.1, 0.15) is 19.2 Å². The third-order valence-corrected chi connectivity index (χ3v) is 4.88. The van der Waals surface area contributed by atoms with Gasteiger partial charge in [0, 0.05) is 16.0 Å². The lowest BCUT2D eigenvalue weighted by Gasteiger charge is -2.16. The number of aliphatic hydroxyl groups excluding tert-OH is 1. The molecule has 2 N–H and O–H groups in total. The summed E-state index contributed by atoms with van der Waals surface area (Å²) in [7, 11) is 0. The average molecular weight is 348 g/mol. The lowest BCUT2D eigenvalue weighted by molar-refractivity contribution is 0.271. The Bertz CT molecular complexity index is 813. The van der Waals surface area contributed by atoms with E-state index < -0.39 is 0 Å². The maximum atomic E-state index is 9.48. The molecule has 3 aromatic rings. The van der Waals surface area contributed by atoms with Gasteiger partial charge in [0.15, 0.2) is 0 Å². The van der Waals surface area contributed by atoms with Crippen LogP contribution in [0.5, 0.6) is 0 Å². The number of aromatic nitrogens is 2. The summed E-state index contributed by atoms with van der Waals surface area (Å²) in [6, 6.07) is 7.73. The predicted molar refractivity (Wildman–Crippen MR) is 97.4 cm³/mol. The minimum absolute atomic E-state index is 0.0227. The number of halogens is 1. The van der Waals surface area contributed by atoms with Gasteiger partial charge in [-0.1, -0.05) is 30.7 Å². The van der Waals surface area contributed by atoms with Crippen molar-refractivity contribution in [1.29, 1.82) is 0 Å². The van der Waals surface area contributed by atoms with Gasteiger partial charge in [-0.25, -0.2) is 9.97 Å². The molecule has 4 nitrogen and oxygen atoms in total. The van der Waals surface area contributed by atoms with Crippen LogP contribution in [-0.2, 0) is 0 Å². The van der Waals surface area contributed by atoms with Crippen molar-refractivity contribution < 1.29 is 5.11 Å². The van der Waals surface area contributed by atoms with E-state index in [0.29, 0.717) is 5.02 Å². The minimum atomic E-state index is -0.0227. The molecule has 0 fully saturated rings. The fourth-order valence-electron chi connectivity index (χ4n) is 2.46. The van der Waals surface area contributed by atoms with Gasteiger partial charge in [0.2, 0.25) is 0 Å². The van der Waals surface area contributed by atoms with Crippen molar-refractivity contribution >= 4 is 39.0 Å². The molecule has 0 aliphatic carbocycles. The number of nitrogens with zero attached hydrogens (tertiary/aromatic N) is 2. The molecule has 6 heteroatoms. The Morgan fingerprint density at radius 1 is 1.26 bits per heavy atom. The van der Waals surface area contributed by atoms with Crippen molar-refractivity contribution in [2.24, 2.45) is 0 Å². The van der Waals surface area contributed by atoms with Crippen LogP contribution in [0.3, 0.4) is 0 Å². The molecular weight excluding hydrogens is 330 g/mol. The van der Waals surface area contributed by atoms with E-state index >= 15 is 0 Å². The van der Waals surface area contributed by atoms with Crippen LogP contribution in [-0.4, -0.2) is 27.7 Å². The molecule has 120 valence electrons. The maximum absolute atomic E-state index is 9.48. The van der Waals surface area contributed by atoms with E-state index in [1.807, 2.05) is 38.1 Å². The zero-order valence-electron chi connectivity index (χ0n) is 13.0. The van der Waals surface area contributed by atoms with Crippen LogP contribution in [0, 0.1) is 6.92 Å². The molecule has 0 aliphatic heterocycles. The van der Waals surface area contributed by atoms with Gasteiger partial charge < -0.3 is 10.4 Å². The highest BCUT2D eigenvalue weighted by Crippen LogP contribution is 2.37. The smallest absolute Gasteiger partial charge is 0.139 e. The van der Waals surface area contributed by atoms with E-state index in [9.17, 15) is 5.11 Å². The van der Waals surface area contributed by atoms with E-state index in [2.05, 4.69) is 20.7 Å². The molecule has 23 heavy (non-hydrogen) atoms. The van der Waals surface area contributed by atoms with Gasteiger partial charge in [-0.15, -0.1) is 11.3 Å². The Kier molecular flexibility index (Phi) is 4.80. The van der Waals surface area contributed by atoms with Crippen LogP contribution in [0.15, 0.2) is 29.6 Å². The molecule has 0 saturated carbocycles. The van der Waals surface area contributed by atoms with Crippen molar-refractivity contribution in [2.75, 3.05) is 11.9 Å². The molecule has 0 aliphatic rings. The van der Waals surface area contributed by atoms with E-state index in [1.54, 1.807) is 11.3 Å². The molecular formula is C17H18ClN3OS. The number of nitrogens with one attached hydrogen (secondary N) is 1. The molecule has 0 amide bonds. The third kappa shape index (κ3) is 3.32. The van der Waals surface area contributed by atoms with Crippen LogP contribution >= 0.6 is 22.9 Å². The number of hydrogen-bond acceptors (Lipinski definition) is 5. The van der Waals surface area contributed by atoms with Crippen molar-refractivity contribution in [3.8, 4) is 11.1 Å². The fraction of sp³-hybridized carbons (Fsp3) is 0.294. The highest BCUT2D eigenvalue weighted by atomic mass is 35.5. The Hall–Kier alpha value is -1.69. The van der Waals surface area contributed by atoms with E-state index in [-0.39, 0.29) is 12.6 Å². The summed E-state index contributed by atoms with van der Waals surface area (Å²) >= 11 is 7.58. The van der Waals surface area contributed by atoms with Gasteiger partial charge in [-0.2, -0.15) is 0 Å². The van der Waals surface area contributed by atoms with Crippen molar-refractivity contribution in [2.45, 2.75) is 26.3 Å². The first-order valence-electron chi connectivity index (χ1n) is 7.51. The number of thiophene rings is 1. The number of hydrogen-bond donors (Lipinski definition) is 2. The van der Waals surface area contributed by atoms with Gasteiger partial charge in [0.05, 0.1) is 18.0 Å². The summed E-state index contributed by atoms with van der Waals surface area (Å²) in [5.41, 5.74) is 2.16. The standard InChI is InChI=1S/C17H18ClN3OS/c1-3-13(8-22)21-16-15-14(11-4-6-12(18)7-5-11)9-23-17(15)20-10(2)19-16/h4-7,9,13,22H,3,8H2,1-2H3,(H,19,20,21). The minimum Gasteiger partial charge on any atom is -0.394 e. The molecule has 0 saturated heterocycles. The Balaban J connectivity index is 2.14. The third-order valence-electron chi connectivity index (χ3n) is 3.75. The number of benzene rings is 1. The monoisotopic (exact) mass is 347 g/mol. The zero-order chi connectivity index (χ0) is 16.4. The molecule has 3 rings (SSSR count). The predicted octanol–water partition coefficient (Wildman–Crippen LogP) is 4.50. The summed E-state index contributed by atoms with van der Waals surface area (Å²) < 4.78 is 0. The zero-order valence-corrected chi connectivity index (χ0v) is 14.6. The molecule has 1 aromatic carbocycles. The fourth-order valence-corrected chi connectivity index (χ4v) is 3.58. The average Bonchev–Trinajstić information content (AvgIpc) is 2.97. The normalized spacial score (nSPS) is 12.5. The second-order valence-electron chi connectivity index (χ2n) is 5.39. The van der Waals surface area contributed by atoms with Crippen LogP contribution < -0.4 is 5.32 Å². The van der Waals surface area contributed by atoms with Crippen molar-refractivity contribution in [3.05, 3.63) is 40.5 Å². The van der Waals surface area contributed by atoms with Crippen molar-refractivity contribution in [3.63, 3.8) is 0 Å². The molecule has 2 heterocycles. The maximum Gasteiger partial charge on any atom is 0.139 e. The second-order valence-corrected chi connectivity index (χ2v) is 6.68. The molecule has 0 spiro atoms. The van der Waals surface area contributed by atoms with Gasteiger partial charge in [-0.05, 0) is 31.0 Å². The summed E-state index contributed by atoms with van der Waals surface area (Å²) in [5.74, 6) is 1.50. The molecule has 0 radical (unpaired) electrons. The largest absolute Gasteiger partial charge is 0.394 e. The highest BCUT2D eigenvalue weighted by Gasteiger charge is 2.16. The Morgan fingerprint density at radius 2 is 2.00 bits per heavy atom. The number of aliphatic hydroxyl groups is 1. The van der Waals surface area contributed by atoms with Crippen molar-refractivity contribution in [1.82, 2.24) is 9.97 Å². The highest BCUT2D eigenvalue weighted by molar-refractivity contribution is 7.17. The summed E-state index contributed by atoms with van der Waals surface area (Å²) in [6.45, 7) is 3.99. The quantitative estimate of drug-likeness (QED) is 0.713. The Labute approximate surface area is 144 Å². The second kappa shape index (κ2) is 6.83.